The molecule has 0 aliphatic heterocycles. The van der Waals surface area contributed by atoms with Gasteiger partial charge in [-0.1, -0.05) is 171 Å². The SMILES string of the molecule is [2H]C([2H])([2H])c1ccc(-c2ccnc(-c3cc(-c4ccccc4)cc(-c4cccc5c4nc(-c4cc(C(C)C)cc(C(C)C)c4O)n5-c4ccc(-c5ccccc5C(C)(C)C)c(C([2H])(C)C)c4)c3)c2)cc1. The third-order valence-corrected chi connectivity index (χ3v) is 12.8. The van der Waals surface area contributed by atoms with Gasteiger partial charge in [-0.15, -0.1) is 0 Å². The van der Waals surface area contributed by atoms with Crippen LogP contribution >= 0.6 is 0 Å². The Labute approximate surface area is 397 Å². The maximum absolute atomic E-state index is 12.3. The van der Waals surface area contributed by atoms with Crippen molar-refractivity contribution in [1.29, 1.82) is 0 Å². The van der Waals surface area contributed by atoms with E-state index in [-0.39, 0.29) is 23.0 Å². The van der Waals surface area contributed by atoms with Crippen LogP contribution in [0.25, 0.3) is 83.9 Å². The van der Waals surface area contributed by atoms with Gasteiger partial charge in [-0.25, -0.2) is 4.98 Å². The summed E-state index contributed by atoms with van der Waals surface area (Å²) in [5, 5.41) is 12.3. The van der Waals surface area contributed by atoms with Crippen molar-refractivity contribution in [2.45, 2.75) is 92.3 Å². The number of hydrogen-bond acceptors (Lipinski definition) is 3. The first-order valence-corrected chi connectivity index (χ1v) is 23.1. The lowest BCUT2D eigenvalue weighted by atomic mass is 9.80. The molecule has 0 amide bonds. The van der Waals surface area contributed by atoms with Gasteiger partial charge >= 0.3 is 0 Å². The van der Waals surface area contributed by atoms with Gasteiger partial charge in [0.25, 0.3) is 0 Å². The molecular weight excluding hydrogens is 803 g/mol. The highest BCUT2D eigenvalue weighted by Crippen LogP contribution is 2.45. The molecule has 2 aromatic heterocycles. The second-order valence-electron chi connectivity index (χ2n) is 19.5. The van der Waals surface area contributed by atoms with Gasteiger partial charge in [0.05, 0.1) is 22.3 Å². The largest absolute Gasteiger partial charge is 0.507 e. The summed E-state index contributed by atoms with van der Waals surface area (Å²) in [5.41, 5.74) is 16.9. The van der Waals surface area contributed by atoms with Crippen LogP contribution in [0.1, 0.15) is 113 Å². The molecule has 7 aromatic carbocycles. The Balaban J connectivity index is 1.31. The van der Waals surface area contributed by atoms with Crippen LogP contribution in [0.2, 0.25) is 0 Å². The van der Waals surface area contributed by atoms with Gasteiger partial charge in [-0.2, -0.15) is 0 Å². The summed E-state index contributed by atoms with van der Waals surface area (Å²) in [7, 11) is 0. The van der Waals surface area contributed by atoms with Crippen molar-refractivity contribution in [2.75, 3.05) is 0 Å². The zero-order valence-electron chi connectivity index (χ0n) is 43.5. The normalized spacial score (nSPS) is 13.2. The Kier molecular flexibility index (Phi) is 10.6. The van der Waals surface area contributed by atoms with E-state index in [1.54, 1.807) is 18.3 Å². The molecule has 1 N–H and O–H groups in total. The minimum atomic E-state index is -2.18. The second kappa shape index (κ2) is 17.7. The number of para-hydroxylation sites is 1. The molecule has 330 valence electrons. The summed E-state index contributed by atoms with van der Waals surface area (Å²) >= 11 is 0. The number of imidazole rings is 1. The van der Waals surface area contributed by atoms with Crippen LogP contribution in [0.15, 0.2) is 164 Å². The summed E-state index contributed by atoms with van der Waals surface area (Å²) in [6.45, 7) is 17.0. The summed E-state index contributed by atoms with van der Waals surface area (Å²) in [6.07, 6.45) is 1.80. The van der Waals surface area contributed by atoms with E-state index < -0.39 is 12.7 Å². The van der Waals surface area contributed by atoms with Crippen molar-refractivity contribution in [1.82, 2.24) is 14.5 Å². The average molecular weight is 868 g/mol. The van der Waals surface area contributed by atoms with E-state index in [1.165, 1.54) is 5.56 Å². The lowest BCUT2D eigenvalue weighted by Gasteiger charge is -2.25. The molecule has 4 nitrogen and oxygen atoms in total. The third-order valence-electron chi connectivity index (χ3n) is 12.8. The lowest BCUT2D eigenvalue weighted by Crippen LogP contribution is -2.13. The first-order chi connectivity index (χ1) is 33.2. The first-order valence-electron chi connectivity index (χ1n) is 25.1. The van der Waals surface area contributed by atoms with Crippen LogP contribution in [0.4, 0.5) is 0 Å². The number of phenolic OH excluding ortho intramolecular Hbond substituents is 1. The number of phenols is 1. The molecule has 0 unspecified atom stereocenters. The van der Waals surface area contributed by atoms with E-state index in [9.17, 15) is 6.48 Å². The average Bonchev–Trinajstić information content (AvgIpc) is 3.73. The number of aryl methyl sites for hydroxylation is 1. The van der Waals surface area contributed by atoms with Crippen molar-refractivity contribution in [3.05, 3.63) is 192 Å². The van der Waals surface area contributed by atoms with Crippen molar-refractivity contribution in [3.63, 3.8) is 0 Å². The van der Waals surface area contributed by atoms with Crippen molar-refractivity contribution >= 4 is 11.0 Å². The second-order valence-corrected chi connectivity index (χ2v) is 19.5. The monoisotopic (exact) mass is 868 g/mol. The number of benzene rings is 7. The Hall–Kier alpha value is -7.04. The summed E-state index contributed by atoms with van der Waals surface area (Å²) < 4.78 is 35.4. The number of aromatic hydroxyl groups is 1. The number of nitrogens with zero attached hydrogens (tertiary/aromatic N) is 3. The highest BCUT2D eigenvalue weighted by molar-refractivity contribution is 5.98. The van der Waals surface area contributed by atoms with Crippen molar-refractivity contribution < 1.29 is 10.6 Å². The maximum atomic E-state index is 12.3. The molecule has 0 spiro atoms. The molecular formula is C62H61N3O. The number of hydrogen-bond donors (Lipinski definition) is 1. The lowest BCUT2D eigenvalue weighted by molar-refractivity contribution is 0.466. The standard InChI is InChI=1S/C62H61N3O/c1-38(2)45-34-54(40(5)6)60(66)55(35-45)61-64-59-50(20-16-22-58(59)65(61)49-27-28-51(53(37-49)39(3)4)52-19-14-15-21-56(52)62(8,9)10)47-31-46(42-17-12-11-13-18-42)32-48(33-47)57-36-44(29-30-63-57)43-25-23-41(7)24-26-43/h11-40,66H,1-10H3/i7D3,39D. The summed E-state index contributed by atoms with van der Waals surface area (Å²) in [5.74, 6) is 0.107. The van der Waals surface area contributed by atoms with Gasteiger partial charge in [0.1, 0.15) is 11.6 Å². The van der Waals surface area contributed by atoms with Gasteiger partial charge < -0.3 is 5.11 Å². The van der Waals surface area contributed by atoms with Crippen LogP contribution in [-0.2, 0) is 5.41 Å². The van der Waals surface area contributed by atoms with Crippen LogP contribution < -0.4 is 0 Å². The molecule has 0 saturated heterocycles. The summed E-state index contributed by atoms with van der Waals surface area (Å²) in [4.78, 5) is 10.5. The zero-order chi connectivity index (χ0) is 49.9. The molecule has 0 atom stereocenters. The van der Waals surface area contributed by atoms with Gasteiger partial charge in [-0.05, 0) is 146 Å². The smallest absolute Gasteiger partial charge is 0.149 e. The Morgan fingerprint density at radius 3 is 1.97 bits per heavy atom. The maximum Gasteiger partial charge on any atom is 0.149 e. The van der Waals surface area contributed by atoms with Crippen molar-refractivity contribution in [2.24, 2.45) is 0 Å². The predicted octanol–water partition coefficient (Wildman–Crippen LogP) is 17.1. The molecule has 66 heavy (non-hydrogen) atoms. The molecule has 0 bridgehead atoms. The van der Waals surface area contributed by atoms with Crippen LogP contribution in [-0.4, -0.2) is 19.6 Å². The van der Waals surface area contributed by atoms with Gasteiger partial charge in [-0.3, -0.25) is 9.55 Å². The minimum Gasteiger partial charge on any atom is -0.507 e. The molecule has 9 rings (SSSR count). The predicted molar refractivity (Wildman–Crippen MR) is 279 cm³/mol. The minimum absolute atomic E-state index is 0.0588. The molecule has 2 heterocycles. The van der Waals surface area contributed by atoms with E-state index in [0.717, 1.165) is 89.2 Å². The highest BCUT2D eigenvalue weighted by Gasteiger charge is 2.26. The summed E-state index contributed by atoms with van der Waals surface area (Å²) in [6, 6.07) is 53.4. The fourth-order valence-corrected chi connectivity index (χ4v) is 9.25. The van der Waals surface area contributed by atoms with Gasteiger partial charge in [0.2, 0.25) is 0 Å². The fourth-order valence-electron chi connectivity index (χ4n) is 9.25. The molecule has 4 heteroatoms. The van der Waals surface area contributed by atoms with Crippen LogP contribution in [0.3, 0.4) is 0 Å². The van der Waals surface area contributed by atoms with Gasteiger partial charge in [0.15, 0.2) is 0 Å². The van der Waals surface area contributed by atoms with Gasteiger partial charge in [0, 0.05) is 28.5 Å². The highest BCUT2D eigenvalue weighted by atomic mass is 16.3. The number of rotatable bonds is 10. The quantitative estimate of drug-likeness (QED) is 0.149. The molecule has 0 aliphatic rings. The van der Waals surface area contributed by atoms with E-state index in [2.05, 4.69) is 162 Å². The topological polar surface area (TPSA) is 50.9 Å². The zero-order valence-corrected chi connectivity index (χ0v) is 39.5. The molecule has 0 saturated carbocycles. The Morgan fingerprint density at radius 2 is 1.26 bits per heavy atom. The van der Waals surface area contributed by atoms with Crippen molar-refractivity contribution in [3.8, 4) is 78.6 Å². The fraction of sp³-hybridized carbons (Fsp3) is 0.226. The van der Waals surface area contributed by atoms with Crippen LogP contribution in [0, 0.1) is 6.85 Å². The third kappa shape index (κ3) is 8.49. The number of pyridine rings is 1. The van der Waals surface area contributed by atoms with E-state index >= 15 is 0 Å². The number of aromatic nitrogens is 3. The molecule has 0 radical (unpaired) electrons. The number of fused-ring (bicyclic) bond motifs is 1. The Bertz CT molecular complexity index is 3390. The molecule has 0 aliphatic carbocycles. The van der Waals surface area contributed by atoms with Crippen LogP contribution in [0.5, 0.6) is 5.75 Å². The van der Waals surface area contributed by atoms with E-state index in [0.29, 0.717) is 17.0 Å². The van der Waals surface area contributed by atoms with E-state index in [1.807, 2.05) is 50.2 Å². The molecule has 0 fully saturated rings. The van der Waals surface area contributed by atoms with E-state index in [4.69, 9.17) is 14.1 Å². The Morgan fingerprint density at radius 1 is 0.561 bits per heavy atom. The first kappa shape index (κ1) is 39.3. The molecule has 9 aromatic rings.